The van der Waals surface area contributed by atoms with Crippen molar-refractivity contribution in [1.29, 1.82) is 0 Å². The zero-order chi connectivity index (χ0) is 10.6. The van der Waals surface area contributed by atoms with E-state index in [1.165, 1.54) is 25.1 Å². The lowest BCUT2D eigenvalue weighted by Crippen LogP contribution is -1.97. The summed E-state index contributed by atoms with van der Waals surface area (Å²) in [5.41, 5.74) is 1.51. The van der Waals surface area contributed by atoms with Gasteiger partial charge in [0.15, 0.2) is 5.78 Å². The van der Waals surface area contributed by atoms with Crippen LogP contribution in [0.1, 0.15) is 13.8 Å². The Morgan fingerprint density at radius 3 is 2.36 bits per heavy atom. The number of rotatable bonds is 3. The fourth-order valence-electron chi connectivity index (χ4n) is 1.10. The molecule has 3 heteroatoms. The Kier molecular flexibility index (Phi) is 3.40. The fraction of sp³-hybridized carbons (Fsp3) is 0.182. The minimum atomic E-state index is -0.274. The van der Waals surface area contributed by atoms with Crippen molar-refractivity contribution >= 4 is 11.5 Å². The second-order valence-corrected chi connectivity index (χ2v) is 3.07. The molecule has 74 valence electrons. The van der Waals surface area contributed by atoms with Gasteiger partial charge in [-0.1, -0.05) is 0 Å². The second kappa shape index (κ2) is 4.56. The van der Waals surface area contributed by atoms with Gasteiger partial charge in [0.25, 0.3) is 0 Å². The van der Waals surface area contributed by atoms with Crippen molar-refractivity contribution in [1.82, 2.24) is 0 Å². The highest BCUT2D eigenvalue weighted by atomic mass is 19.1. The molecular formula is C11H12FNO. The van der Waals surface area contributed by atoms with Crippen LogP contribution in [0.25, 0.3) is 0 Å². The van der Waals surface area contributed by atoms with Crippen molar-refractivity contribution in [3.05, 3.63) is 41.9 Å². The van der Waals surface area contributed by atoms with Gasteiger partial charge < -0.3 is 5.32 Å². The third kappa shape index (κ3) is 3.39. The number of carbonyl (C=O) groups excluding carboxylic acids is 1. The molecule has 0 aliphatic rings. The molecular weight excluding hydrogens is 181 g/mol. The molecule has 0 atom stereocenters. The van der Waals surface area contributed by atoms with Gasteiger partial charge in [0.05, 0.1) is 0 Å². The molecule has 1 N–H and O–H groups in total. The second-order valence-electron chi connectivity index (χ2n) is 3.07. The van der Waals surface area contributed by atoms with Gasteiger partial charge in [-0.25, -0.2) is 4.39 Å². The van der Waals surface area contributed by atoms with Gasteiger partial charge >= 0.3 is 0 Å². The number of ketones is 1. The van der Waals surface area contributed by atoms with Crippen molar-refractivity contribution in [3.63, 3.8) is 0 Å². The van der Waals surface area contributed by atoms with Crippen LogP contribution in [0.5, 0.6) is 0 Å². The topological polar surface area (TPSA) is 29.1 Å². The third-order valence-corrected chi connectivity index (χ3v) is 1.61. The first kappa shape index (κ1) is 10.4. The highest BCUT2D eigenvalue weighted by molar-refractivity contribution is 5.88. The monoisotopic (exact) mass is 193 g/mol. The van der Waals surface area contributed by atoms with Crippen molar-refractivity contribution in [2.45, 2.75) is 13.8 Å². The van der Waals surface area contributed by atoms with Crippen LogP contribution in [0.2, 0.25) is 0 Å². The van der Waals surface area contributed by atoms with Gasteiger partial charge in [-0.3, -0.25) is 4.79 Å². The largest absolute Gasteiger partial charge is 0.359 e. The van der Waals surface area contributed by atoms with Crippen molar-refractivity contribution in [3.8, 4) is 0 Å². The summed E-state index contributed by atoms with van der Waals surface area (Å²) in [7, 11) is 0. The molecule has 0 saturated carbocycles. The molecule has 0 aliphatic heterocycles. The maximum Gasteiger partial charge on any atom is 0.154 e. The molecule has 0 amide bonds. The predicted octanol–water partition coefficient (Wildman–Crippen LogP) is 2.73. The predicted molar refractivity (Wildman–Crippen MR) is 54.5 cm³/mol. The van der Waals surface area contributed by atoms with Crippen LogP contribution in [0.15, 0.2) is 36.0 Å². The van der Waals surface area contributed by atoms with Crippen LogP contribution < -0.4 is 5.32 Å². The van der Waals surface area contributed by atoms with Crippen LogP contribution >= 0.6 is 0 Å². The number of halogens is 1. The van der Waals surface area contributed by atoms with Gasteiger partial charge in [-0.05, 0) is 44.2 Å². The van der Waals surface area contributed by atoms with Crippen LogP contribution in [-0.2, 0) is 4.79 Å². The van der Waals surface area contributed by atoms with E-state index in [1.807, 2.05) is 0 Å². The maximum absolute atomic E-state index is 12.5. The lowest BCUT2D eigenvalue weighted by molar-refractivity contribution is -0.112. The smallest absolute Gasteiger partial charge is 0.154 e. The van der Waals surface area contributed by atoms with Gasteiger partial charge in [0.1, 0.15) is 5.82 Å². The van der Waals surface area contributed by atoms with E-state index >= 15 is 0 Å². The molecule has 1 aromatic carbocycles. The molecule has 14 heavy (non-hydrogen) atoms. The minimum Gasteiger partial charge on any atom is -0.359 e. The number of carbonyl (C=O) groups is 1. The summed E-state index contributed by atoms with van der Waals surface area (Å²) in [6.07, 6.45) is 1.49. The maximum atomic E-state index is 12.5. The van der Waals surface area contributed by atoms with E-state index in [2.05, 4.69) is 5.32 Å². The van der Waals surface area contributed by atoms with E-state index in [9.17, 15) is 9.18 Å². The summed E-state index contributed by atoms with van der Waals surface area (Å²) < 4.78 is 12.5. The molecule has 2 nitrogen and oxygen atoms in total. The molecule has 0 fully saturated rings. The van der Waals surface area contributed by atoms with E-state index in [-0.39, 0.29) is 11.6 Å². The Morgan fingerprint density at radius 1 is 1.29 bits per heavy atom. The number of anilines is 1. The molecule has 1 aromatic rings. The van der Waals surface area contributed by atoms with Crippen LogP contribution in [-0.4, -0.2) is 5.78 Å². The number of nitrogens with one attached hydrogen (secondary N) is 1. The Labute approximate surface area is 82.4 Å². The summed E-state index contributed by atoms with van der Waals surface area (Å²) in [5, 5.41) is 2.97. The minimum absolute atomic E-state index is 0.0166. The quantitative estimate of drug-likeness (QED) is 0.748. The average Bonchev–Trinajstić information content (AvgIpc) is 2.07. The SMILES string of the molecule is CC(=O)/C=C(\C)Nc1ccc(F)cc1. The van der Waals surface area contributed by atoms with E-state index < -0.39 is 0 Å². The lowest BCUT2D eigenvalue weighted by atomic mass is 10.3. The first-order valence-electron chi connectivity index (χ1n) is 4.29. The zero-order valence-electron chi connectivity index (χ0n) is 8.17. The Bertz CT molecular complexity index is 354. The van der Waals surface area contributed by atoms with Crippen molar-refractivity contribution < 1.29 is 9.18 Å². The van der Waals surface area contributed by atoms with Crippen LogP contribution in [0.4, 0.5) is 10.1 Å². The first-order chi connectivity index (χ1) is 6.58. The standard InChI is InChI=1S/C11H12FNO/c1-8(7-9(2)14)13-11-5-3-10(12)4-6-11/h3-7,13H,1-2H3/b8-7+. The number of benzene rings is 1. The Hall–Kier alpha value is -1.64. The molecule has 0 unspecified atom stereocenters. The third-order valence-electron chi connectivity index (χ3n) is 1.61. The van der Waals surface area contributed by atoms with Crippen LogP contribution in [0, 0.1) is 5.82 Å². The number of hydrogen-bond acceptors (Lipinski definition) is 2. The first-order valence-corrected chi connectivity index (χ1v) is 4.29. The summed E-state index contributed by atoms with van der Waals surface area (Å²) in [5.74, 6) is -0.291. The highest BCUT2D eigenvalue weighted by Crippen LogP contribution is 2.10. The van der Waals surface area contributed by atoms with E-state index in [0.29, 0.717) is 0 Å². The van der Waals surface area contributed by atoms with Gasteiger partial charge in [0.2, 0.25) is 0 Å². The van der Waals surface area contributed by atoms with Gasteiger partial charge in [0, 0.05) is 11.4 Å². The van der Waals surface area contributed by atoms with E-state index in [1.54, 1.807) is 19.1 Å². The summed E-state index contributed by atoms with van der Waals surface area (Å²) in [6, 6.07) is 5.96. The van der Waals surface area contributed by atoms with Gasteiger partial charge in [-0.15, -0.1) is 0 Å². The van der Waals surface area contributed by atoms with E-state index in [4.69, 9.17) is 0 Å². The number of allylic oxidation sites excluding steroid dienone is 2. The Balaban J connectivity index is 2.69. The van der Waals surface area contributed by atoms with E-state index in [0.717, 1.165) is 11.4 Å². The summed E-state index contributed by atoms with van der Waals surface area (Å²) >= 11 is 0. The van der Waals surface area contributed by atoms with Crippen molar-refractivity contribution in [2.75, 3.05) is 5.32 Å². The normalized spacial score (nSPS) is 11.2. The van der Waals surface area contributed by atoms with Crippen molar-refractivity contribution in [2.24, 2.45) is 0 Å². The summed E-state index contributed by atoms with van der Waals surface area (Å²) in [6.45, 7) is 3.26. The molecule has 0 aromatic heterocycles. The molecule has 0 spiro atoms. The molecule has 1 rings (SSSR count). The molecule has 0 heterocycles. The fourth-order valence-corrected chi connectivity index (χ4v) is 1.10. The highest BCUT2D eigenvalue weighted by Gasteiger charge is 1.94. The van der Waals surface area contributed by atoms with Gasteiger partial charge in [-0.2, -0.15) is 0 Å². The molecule has 0 radical (unpaired) electrons. The summed E-state index contributed by atoms with van der Waals surface area (Å²) in [4.78, 5) is 10.7. The van der Waals surface area contributed by atoms with Crippen LogP contribution in [0.3, 0.4) is 0 Å². The average molecular weight is 193 g/mol. The molecule has 0 aliphatic carbocycles. The molecule has 0 saturated heterocycles. The Morgan fingerprint density at radius 2 is 1.86 bits per heavy atom. The zero-order valence-corrected chi connectivity index (χ0v) is 8.17. The lowest BCUT2D eigenvalue weighted by Gasteiger charge is -2.05. The molecule has 0 bridgehead atoms. The number of hydrogen-bond donors (Lipinski definition) is 1.